The molecule has 0 aromatic carbocycles. The molecule has 0 aliphatic carbocycles. The molecule has 1 aromatic heterocycles. The van der Waals surface area contributed by atoms with Gasteiger partial charge in [-0.3, -0.25) is 4.68 Å². The van der Waals surface area contributed by atoms with E-state index < -0.39 is 10.0 Å². The maximum atomic E-state index is 11.6. The minimum atomic E-state index is -3.72. The second-order valence-electron chi connectivity index (χ2n) is 4.37. The average molecular weight is 290 g/mol. The van der Waals surface area contributed by atoms with Gasteiger partial charge in [0.15, 0.2) is 5.03 Å². The summed E-state index contributed by atoms with van der Waals surface area (Å²) in [6.07, 6.45) is 3.00. The van der Waals surface area contributed by atoms with Crippen LogP contribution in [-0.4, -0.2) is 35.6 Å². The number of unbranched alkanes of at least 4 members (excludes halogenated alkanes) is 1. The molecule has 1 aliphatic rings. The molecule has 102 valence electrons. The van der Waals surface area contributed by atoms with Crippen LogP contribution in [0.3, 0.4) is 0 Å². The van der Waals surface area contributed by atoms with Crippen LogP contribution in [0.5, 0.6) is 0 Å². The van der Waals surface area contributed by atoms with Crippen molar-refractivity contribution in [1.82, 2.24) is 14.1 Å². The van der Waals surface area contributed by atoms with Crippen molar-refractivity contribution in [3.63, 3.8) is 0 Å². The Bertz CT molecular complexity index is 538. The normalized spacial score (nSPS) is 16.8. The summed E-state index contributed by atoms with van der Waals surface area (Å²) in [6.45, 7) is 4.00. The number of nitrogens with two attached hydrogens (primary N) is 1. The molecule has 18 heavy (non-hydrogen) atoms. The fourth-order valence-electron chi connectivity index (χ4n) is 2.01. The first kappa shape index (κ1) is 13.9. The minimum absolute atomic E-state index is 0.128. The summed E-state index contributed by atoms with van der Waals surface area (Å²) in [4.78, 5) is 0.697. The van der Waals surface area contributed by atoms with Crippen molar-refractivity contribution in [3.8, 4) is 0 Å². The first-order chi connectivity index (χ1) is 8.43. The number of fused-ring (bicyclic) bond motifs is 1. The zero-order chi connectivity index (χ0) is 13.3. The summed E-state index contributed by atoms with van der Waals surface area (Å²) in [5, 5.41) is 9.62. The maximum absolute atomic E-state index is 11.6. The first-order valence-electron chi connectivity index (χ1n) is 5.95. The lowest BCUT2D eigenvalue weighted by molar-refractivity contribution is 0.447. The molecular formula is C10H18N4O2S2. The number of hydrogen-bond acceptors (Lipinski definition) is 5. The van der Waals surface area contributed by atoms with Crippen LogP contribution in [0.1, 0.15) is 25.5 Å². The summed E-state index contributed by atoms with van der Waals surface area (Å²) in [6, 6.07) is 0. The number of primary sulfonamides is 1. The first-order valence-corrected chi connectivity index (χ1v) is 8.27. The molecule has 6 nitrogen and oxygen atoms in total. The zero-order valence-electron chi connectivity index (χ0n) is 10.6. The van der Waals surface area contributed by atoms with Gasteiger partial charge in [0, 0.05) is 26.6 Å². The van der Waals surface area contributed by atoms with E-state index in [4.69, 9.17) is 5.14 Å². The predicted molar refractivity (Wildman–Crippen MR) is 70.6 cm³/mol. The standard InChI is InChI=1S/C10H18N4O2S2/c1-3-4-6-14-7-5-8-9(17-14)10(13(2)12-8)18(11,15)16/h3-7H2,1-2H3,(H2,11,15,16). The molecule has 1 aromatic rings. The molecule has 0 bridgehead atoms. The third-order valence-corrected chi connectivity index (χ3v) is 5.24. The second-order valence-corrected chi connectivity index (χ2v) is 6.96. The molecule has 2 heterocycles. The number of sulfonamides is 1. The molecular weight excluding hydrogens is 272 g/mol. The Morgan fingerprint density at radius 3 is 2.83 bits per heavy atom. The molecule has 0 saturated carbocycles. The van der Waals surface area contributed by atoms with Crippen molar-refractivity contribution < 1.29 is 8.42 Å². The summed E-state index contributed by atoms with van der Waals surface area (Å²) in [5.74, 6) is 0. The van der Waals surface area contributed by atoms with Gasteiger partial charge < -0.3 is 0 Å². The Labute approximate surface area is 112 Å². The van der Waals surface area contributed by atoms with Crippen LogP contribution in [0.15, 0.2) is 9.92 Å². The molecule has 1 aliphatic heterocycles. The van der Waals surface area contributed by atoms with Gasteiger partial charge in [-0.1, -0.05) is 13.3 Å². The van der Waals surface area contributed by atoms with Crippen molar-refractivity contribution in [2.75, 3.05) is 13.1 Å². The van der Waals surface area contributed by atoms with E-state index in [1.165, 1.54) is 16.6 Å². The fourth-order valence-corrected chi connectivity index (χ4v) is 4.37. The minimum Gasteiger partial charge on any atom is -0.255 e. The molecule has 0 spiro atoms. The van der Waals surface area contributed by atoms with Crippen molar-refractivity contribution in [1.29, 1.82) is 0 Å². The van der Waals surface area contributed by atoms with Gasteiger partial charge in [0.05, 0.1) is 10.6 Å². The quantitative estimate of drug-likeness (QED) is 0.827. The molecule has 8 heteroatoms. The third-order valence-electron chi connectivity index (χ3n) is 2.87. The fraction of sp³-hybridized carbons (Fsp3) is 0.700. The SMILES string of the molecule is CCCCN1CCc2nn(C)c(S(N)(=O)=O)c2S1. The largest absolute Gasteiger partial charge is 0.256 e. The Morgan fingerprint density at radius 2 is 2.22 bits per heavy atom. The van der Waals surface area contributed by atoms with Gasteiger partial charge in [0.25, 0.3) is 10.0 Å². The van der Waals surface area contributed by atoms with Gasteiger partial charge in [-0.05, 0) is 18.4 Å². The van der Waals surface area contributed by atoms with Crippen LogP contribution in [0.25, 0.3) is 0 Å². The van der Waals surface area contributed by atoms with Crippen molar-refractivity contribution in [3.05, 3.63) is 5.69 Å². The monoisotopic (exact) mass is 290 g/mol. The second kappa shape index (κ2) is 5.20. The van der Waals surface area contributed by atoms with Crippen LogP contribution in [0, 0.1) is 0 Å². The molecule has 0 radical (unpaired) electrons. The number of hydrogen-bond donors (Lipinski definition) is 1. The van der Waals surface area contributed by atoms with E-state index in [1.807, 2.05) is 0 Å². The Morgan fingerprint density at radius 1 is 1.50 bits per heavy atom. The van der Waals surface area contributed by atoms with Crippen LogP contribution < -0.4 is 5.14 Å². The van der Waals surface area contributed by atoms with Crippen molar-refractivity contribution in [2.24, 2.45) is 12.2 Å². The summed E-state index contributed by atoms with van der Waals surface area (Å²) >= 11 is 1.46. The number of rotatable bonds is 4. The predicted octanol–water partition coefficient (Wildman–Crippen LogP) is 0.733. The van der Waals surface area contributed by atoms with E-state index in [0.717, 1.165) is 38.0 Å². The van der Waals surface area contributed by atoms with Gasteiger partial charge in [-0.15, -0.1) is 0 Å². The highest BCUT2D eigenvalue weighted by atomic mass is 32.2. The molecule has 0 saturated heterocycles. The lowest BCUT2D eigenvalue weighted by atomic mass is 10.3. The summed E-state index contributed by atoms with van der Waals surface area (Å²) < 4.78 is 26.7. The van der Waals surface area contributed by atoms with E-state index in [9.17, 15) is 8.42 Å². The van der Waals surface area contributed by atoms with E-state index in [0.29, 0.717) is 4.90 Å². The summed E-state index contributed by atoms with van der Waals surface area (Å²) in [5.41, 5.74) is 0.833. The van der Waals surface area contributed by atoms with Crippen LogP contribution in [0.4, 0.5) is 0 Å². The van der Waals surface area contributed by atoms with Gasteiger partial charge in [-0.2, -0.15) is 5.10 Å². The smallest absolute Gasteiger partial charge is 0.255 e. The summed E-state index contributed by atoms with van der Waals surface area (Å²) in [7, 11) is -2.10. The zero-order valence-corrected chi connectivity index (χ0v) is 12.2. The number of aryl methyl sites for hydroxylation is 1. The Hall–Kier alpha value is -0.570. The molecule has 0 unspecified atom stereocenters. The number of nitrogens with zero attached hydrogens (tertiary/aromatic N) is 3. The molecule has 0 atom stereocenters. The van der Waals surface area contributed by atoms with E-state index >= 15 is 0 Å². The lowest BCUT2D eigenvalue weighted by Crippen LogP contribution is -2.25. The van der Waals surface area contributed by atoms with Gasteiger partial charge in [0.2, 0.25) is 0 Å². The topological polar surface area (TPSA) is 81.2 Å². The van der Waals surface area contributed by atoms with Crippen LogP contribution >= 0.6 is 11.9 Å². The lowest BCUT2D eigenvalue weighted by Gasteiger charge is -2.24. The molecule has 0 amide bonds. The molecule has 0 fully saturated rings. The highest BCUT2D eigenvalue weighted by molar-refractivity contribution is 7.98. The average Bonchev–Trinajstić information content (AvgIpc) is 2.60. The Kier molecular flexibility index (Phi) is 4.00. The highest BCUT2D eigenvalue weighted by Gasteiger charge is 2.29. The number of aromatic nitrogens is 2. The van der Waals surface area contributed by atoms with Gasteiger partial charge in [-0.25, -0.2) is 17.9 Å². The molecule has 2 rings (SSSR count). The van der Waals surface area contributed by atoms with Crippen molar-refractivity contribution >= 4 is 22.0 Å². The maximum Gasteiger partial charge on any atom is 0.256 e. The van der Waals surface area contributed by atoms with E-state index in [-0.39, 0.29) is 5.03 Å². The van der Waals surface area contributed by atoms with Gasteiger partial charge >= 0.3 is 0 Å². The van der Waals surface area contributed by atoms with Crippen molar-refractivity contribution in [2.45, 2.75) is 36.1 Å². The third kappa shape index (κ3) is 2.71. The van der Waals surface area contributed by atoms with E-state index in [2.05, 4.69) is 16.3 Å². The van der Waals surface area contributed by atoms with E-state index in [1.54, 1.807) is 7.05 Å². The van der Waals surface area contributed by atoms with Gasteiger partial charge in [0.1, 0.15) is 0 Å². The molecule has 2 N–H and O–H groups in total. The Balaban J connectivity index is 2.30. The van der Waals surface area contributed by atoms with Crippen LogP contribution in [0.2, 0.25) is 0 Å². The highest BCUT2D eigenvalue weighted by Crippen LogP contribution is 2.35. The van der Waals surface area contributed by atoms with Crippen LogP contribution in [-0.2, 0) is 23.5 Å².